The zero-order valence-corrected chi connectivity index (χ0v) is 25.9. The van der Waals surface area contributed by atoms with E-state index in [1.807, 2.05) is 25.1 Å². The Bertz CT molecular complexity index is 2120. The molecule has 3 aromatic carbocycles. The van der Waals surface area contributed by atoms with Gasteiger partial charge in [-0.25, -0.2) is 23.8 Å². The average Bonchev–Trinajstić information content (AvgIpc) is 3.47. The molecule has 0 saturated carbocycles. The molecule has 1 aliphatic heterocycles. The predicted octanol–water partition coefficient (Wildman–Crippen LogP) is 5.35. The molecule has 46 heavy (non-hydrogen) atoms. The highest BCUT2D eigenvalue weighted by molar-refractivity contribution is 5.99. The number of rotatable bonds is 7. The first-order valence-corrected chi connectivity index (χ1v) is 15.2. The minimum Gasteiger partial charge on any atom is -0.497 e. The van der Waals surface area contributed by atoms with Crippen molar-refractivity contribution in [2.24, 2.45) is 0 Å². The molecule has 0 aliphatic carbocycles. The molecule has 7 rings (SSSR count). The lowest BCUT2D eigenvalue weighted by atomic mass is 9.95. The Hall–Kier alpha value is -5.13. The minimum absolute atomic E-state index is 0.192. The largest absolute Gasteiger partial charge is 0.497 e. The number of likely N-dealkylation sites (N-methyl/N-ethyl adjacent to an activating group) is 1. The fourth-order valence-corrected chi connectivity index (χ4v) is 6.25. The number of hydrogen-bond acceptors (Lipinski definition) is 9. The summed E-state index contributed by atoms with van der Waals surface area (Å²) < 4.78 is 27.7. The van der Waals surface area contributed by atoms with Gasteiger partial charge in [0.2, 0.25) is 0 Å². The number of fused-ring (bicyclic) bond motifs is 2. The maximum atomic E-state index is 14.6. The number of hydrogen-bond donors (Lipinski definition) is 1. The van der Waals surface area contributed by atoms with Gasteiger partial charge in [-0.3, -0.25) is 4.90 Å². The molecule has 1 atom stereocenters. The lowest BCUT2D eigenvalue weighted by Crippen LogP contribution is -2.43. The summed E-state index contributed by atoms with van der Waals surface area (Å²) in [4.78, 5) is 26.9. The van der Waals surface area contributed by atoms with Crippen LogP contribution >= 0.6 is 0 Å². The zero-order valence-electron chi connectivity index (χ0n) is 25.9. The van der Waals surface area contributed by atoms with Crippen molar-refractivity contribution in [1.29, 1.82) is 0 Å². The monoisotopic (exact) mass is 619 g/mol. The normalized spacial score (nSPS) is 15.0. The van der Waals surface area contributed by atoms with Crippen molar-refractivity contribution in [3.05, 3.63) is 101 Å². The summed E-state index contributed by atoms with van der Waals surface area (Å²) >= 11 is 0. The van der Waals surface area contributed by atoms with Crippen molar-refractivity contribution in [2.45, 2.75) is 19.5 Å². The topological polar surface area (TPSA) is 116 Å². The van der Waals surface area contributed by atoms with Gasteiger partial charge in [0.15, 0.2) is 5.65 Å². The SMILES string of the molecule is COc1cc(F)cc(-c2nn(C(C)c3oc(=O)c4ccccc4c3-c3ccc(CN4CCN(C)CC4)cc3)c3ncnc(N)c23)c1. The van der Waals surface area contributed by atoms with Gasteiger partial charge in [-0.15, -0.1) is 0 Å². The Morgan fingerprint density at radius 1 is 0.978 bits per heavy atom. The van der Waals surface area contributed by atoms with Crippen molar-refractivity contribution >= 4 is 27.6 Å². The van der Waals surface area contributed by atoms with Crippen LogP contribution in [0, 0.1) is 5.82 Å². The van der Waals surface area contributed by atoms with E-state index in [0.29, 0.717) is 39.2 Å². The number of nitrogens with zero attached hydrogens (tertiary/aromatic N) is 6. The van der Waals surface area contributed by atoms with Gasteiger partial charge in [0, 0.05) is 55.3 Å². The molecule has 1 aliphatic rings. The maximum Gasteiger partial charge on any atom is 0.343 e. The number of aromatic nitrogens is 4. The van der Waals surface area contributed by atoms with Crippen molar-refractivity contribution in [1.82, 2.24) is 29.5 Å². The Balaban J connectivity index is 1.36. The van der Waals surface area contributed by atoms with E-state index in [-0.39, 0.29) is 5.82 Å². The molecular weight excluding hydrogens is 585 g/mol. The highest BCUT2D eigenvalue weighted by Gasteiger charge is 2.27. The molecule has 0 bridgehead atoms. The second-order valence-electron chi connectivity index (χ2n) is 11.8. The van der Waals surface area contributed by atoms with Gasteiger partial charge in [-0.05, 0) is 43.3 Å². The first kappa shape index (κ1) is 29.6. The third kappa shape index (κ3) is 5.37. The Labute approximate surface area is 264 Å². The Morgan fingerprint density at radius 2 is 1.72 bits per heavy atom. The maximum absolute atomic E-state index is 14.6. The third-order valence-corrected chi connectivity index (χ3v) is 8.75. The molecule has 234 valence electrons. The van der Waals surface area contributed by atoms with Crippen LogP contribution in [0.25, 0.3) is 44.2 Å². The van der Waals surface area contributed by atoms with E-state index >= 15 is 0 Å². The number of piperazine rings is 1. The summed E-state index contributed by atoms with van der Waals surface area (Å²) in [5.41, 5.74) is 10.1. The van der Waals surface area contributed by atoms with Crippen molar-refractivity contribution in [3.8, 4) is 28.1 Å². The molecule has 6 aromatic rings. The molecule has 2 N–H and O–H groups in total. The molecule has 10 nitrogen and oxygen atoms in total. The minimum atomic E-state index is -0.613. The zero-order chi connectivity index (χ0) is 31.9. The van der Waals surface area contributed by atoms with E-state index in [1.165, 1.54) is 31.1 Å². The molecular formula is C35H34FN7O3. The smallest absolute Gasteiger partial charge is 0.343 e. The number of ether oxygens (including phenoxy) is 1. The van der Waals surface area contributed by atoms with Crippen LogP contribution in [0.4, 0.5) is 10.2 Å². The predicted molar refractivity (Wildman–Crippen MR) is 176 cm³/mol. The van der Waals surface area contributed by atoms with Gasteiger partial charge >= 0.3 is 5.63 Å². The number of methoxy groups -OCH3 is 1. The van der Waals surface area contributed by atoms with E-state index in [9.17, 15) is 9.18 Å². The van der Waals surface area contributed by atoms with E-state index < -0.39 is 17.5 Å². The quantitative estimate of drug-likeness (QED) is 0.252. The molecule has 0 radical (unpaired) electrons. The molecule has 4 heterocycles. The Morgan fingerprint density at radius 3 is 2.46 bits per heavy atom. The highest BCUT2D eigenvalue weighted by Crippen LogP contribution is 2.39. The van der Waals surface area contributed by atoms with Gasteiger partial charge in [0.25, 0.3) is 0 Å². The van der Waals surface area contributed by atoms with Crippen molar-refractivity contribution < 1.29 is 13.5 Å². The Kier molecular flexibility index (Phi) is 7.71. The van der Waals surface area contributed by atoms with E-state index in [1.54, 1.807) is 16.8 Å². The number of nitrogen functional groups attached to an aromatic ring is 1. The van der Waals surface area contributed by atoms with Crippen LogP contribution in [0.2, 0.25) is 0 Å². The summed E-state index contributed by atoms with van der Waals surface area (Å²) in [6, 6.07) is 19.6. The lowest BCUT2D eigenvalue weighted by molar-refractivity contribution is 0.148. The molecule has 11 heteroatoms. The van der Waals surface area contributed by atoms with E-state index in [4.69, 9.17) is 20.0 Å². The average molecular weight is 620 g/mol. The summed E-state index contributed by atoms with van der Waals surface area (Å²) in [5, 5.41) is 6.60. The molecule has 0 amide bonds. The van der Waals surface area contributed by atoms with Gasteiger partial charge in [-0.1, -0.05) is 42.5 Å². The summed E-state index contributed by atoms with van der Waals surface area (Å²) in [7, 11) is 3.62. The summed E-state index contributed by atoms with van der Waals surface area (Å²) in [6.07, 6.45) is 1.36. The number of nitrogens with two attached hydrogens (primary N) is 1. The van der Waals surface area contributed by atoms with Crippen LogP contribution < -0.4 is 16.1 Å². The van der Waals surface area contributed by atoms with Crippen LogP contribution in [0.15, 0.2) is 82.3 Å². The lowest BCUT2D eigenvalue weighted by Gasteiger charge is -2.32. The third-order valence-electron chi connectivity index (χ3n) is 8.75. The molecule has 0 spiro atoms. The van der Waals surface area contributed by atoms with Gasteiger partial charge in [-0.2, -0.15) is 5.10 Å². The fourth-order valence-electron chi connectivity index (χ4n) is 6.25. The number of benzene rings is 3. The molecule has 1 saturated heterocycles. The number of anilines is 1. The number of halogens is 1. The fraction of sp³-hybridized carbons (Fsp3) is 0.257. The van der Waals surface area contributed by atoms with E-state index in [2.05, 4.69) is 51.1 Å². The van der Waals surface area contributed by atoms with Crippen LogP contribution in [-0.4, -0.2) is 69.9 Å². The summed E-state index contributed by atoms with van der Waals surface area (Å²) in [6.45, 7) is 6.94. The van der Waals surface area contributed by atoms with Gasteiger partial charge in [0.05, 0.1) is 17.9 Å². The standard InChI is InChI=1S/C35H34FN7O3/c1-21(43-34-30(33(37)38-20-39-34)31(40-43)24-16-25(36)18-26(17-24)45-3)32-29(27-6-4-5-7-28(27)35(44)46-32)23-10-8-22(9-11-23)19-42-14-12-41(2)13-15-42/h4-11,16-18,20-21H,12-15,19H2,1-3H3,(H2,37,38,39). The highest BCUT2D eigenvalue weighted by atomic mass is 19.1. The first-order chi connectivity index (χ1) is 22.3. The molecule has 1 unspecified atom stereocenters. The first-order valence-electron chi connectivity index (χ1n) is 15.2. The molecule has 3 aromatic heterocycles. The second kappa shape index (κ2) is 12.0. The van der Waals surface area contributed by atoms with Crippen LogP contribution in [-0.2, 0) is 6.54 Å². The van der Waals surface area contributed by atoms with Crippen molar-refractivity contribution in [3.63, 3.8) is 0 Å². The van der Waals surface area contributed by atoms with Crippen LogP contribution in [0.3, 0.4) is 0 Å². The van der Waals surface area contributed by atoms with Gasteiger partial charge < -0.3 is 19.8 Å². The van der Waals surface area contributed by atoms with E-state index in [0.717, 1.165) is 49.2 Å². The molecule has 1 fully saturated rings. The van der Waals surface area contributed by atoms with Crippen molar-refractivity contribution in [2.75, 3.05) is 46.1 Å². The summed E-state index contributed by atoms with van der Waals surface area (Å²) in [5.74, 6) is 0.456. The van der Waals surface area contributed by atoms with Gasteiger partial charge in [0.1, 0.15) is 41.2 Å². The van der Waals surface area contributed by atoms with Crippen LogP contribution in [0.5, 0.6) is 5.75 Å². The second-order valence-corrected chi connectivity index (χ2v) is 11.8. The van der Waals surface area contributed by atoms with Crippen LogP contribution in [0.1, 0.15) is 24.3 Å².